The lowest BCUT2D eigenvalue weighted by Crippen LogP contribution is -2.30. The maximum Gasteiger partial charge on any atom is 0.306 e. The van der Waals surface area contributed by atoms with E-state index >= 15 is 0 Å². The fraction of sp³-hybridized carbons (Fsp3) is 0.645. The van der Waals surface area contributed by atoms with Gasteiger partial charge in [0.1, 0.15) is 13.2 Å². The summed E-state index contributed by atoms with van der Waals surface area (Å²) in [5.74, 6) is -0.943. The predicted octanol–water partition coefficient (Wildman–Crippen LogP) is 23.5. The number of carbonyl (C=O) groups is 3. The minimum Gasteiger partial charge on any atom is -0.462 e. The standard InChI is InChI=1S/C76H124O6/c1-4-7-10-13-16-19-22-24-26-28-30-32-34-35-36-37-38-39-40-41-43-44-46-48-50-52-54-57-60-63-66-69-75(78)81-72-73(71-80-74(77)68-65-62-59-56-21-18-15-12-9-6-3)82-76(79)70-67-64-61-58-55-53-51-49-47-45-42-33-31-29-27-25-23-20-17-14-11-8-5-2/h7,10,12,15-16,19,23-26,29-32,35-36,38-39,41,43,46,48,52,54,73H,4-6,8-9,11,13-14,17-18,20-22,27-28,33-34,37,40,42,44-45,47,49-51,53,55-72H2,1-3H3/b10-7-,15-12-,19-16-,25-23-,26-24-,31-29-,32-30-,36-35-,39-38-,43-41-,48-46-,54-52-. The molecule has 0 amide bonds. The molecule has 0 aliphatic carbocycles. The fourth-order valence-corrected chi connectivity index (χ4v) is 9.00. The molecule has 1 atom stereocenters. The number of hydrogen-bond acceptors (Lipinski definition) is 6. The lowest BCUT2D eigenvalue weighted by atomic mass is 10.0. The second kappa shape index (κ2) is 68.8. The molecule has 0 saturated carbocycles. The quantitative estimate of drug-likeness (QED) is 0.0261. The Balaban J connectivity index is 4.33. The summed E-state index contributed by atoms with van der Waals surface area (Å²) in [7, 11) is 0. The van der Waals surface area contributed by atoms with E-state index in [4.69, 9.17) is 14.2 Å². The fourth-order valence-electron chi connectivity index (χ4n) is 9.00. The largest absolute Gasteiger partial charge is 0.462 e. The van der Waals surface area contributed by atoms with E-state index in [0.29, 0.717) is 19.3 Å². The maximum absolute atomic E-state index is 12.9. The van der Waals surface area contributed by atoms with Crippen molar-refractivity contribution < 1.29 is 28.6 Å². The molecule has 0 rings (SSSR count). The van der Waals surface area contributed by atoms with Crippen LogP contribution in [0.4, 0.5) is 0 Å². The average molecular weight is 1130 g/mol. The van der Waals surface area contributed by atoms with Gasteiger partial charge in [0.15, 0.2) is 6.10 Å². The van der Waals surface area contributed by atoms with E-state index in [9.17, 15) is 14.4 Å². The molecule has 0 fully saturated rings. The van der Waals surface area contributed by atoms with Crippen LogP contribution < -0.4 is 0 Å². The molecular weight excluding hydrogens is 1010 g/mol. The van der Waals surface area contributed by atoms with Crippen LogP contribution in [0.5, 0.6) is 0 Å². The predicted molar refractivity (Wildman–Crippen MR) is 357 cm³/mol. The molecule has 0 heterocycles. The molecule has 82 heavy (non-hydrogen) atoms. The van der Waals surface area contributed by atoms with Crippen molar-refractivity contribution in [2.75, 3.05) is 13.2 Å². The zero-order valence-electron chi connectivity index (χ0n) is 53.2. The highest BCUT2D eigenvalue weighted by Crippen LogP contribution is 2.15. The maximum atomic E-state index is 12.9. The molecule has 0 aromatic rings. The summed E-state index contributed by atoms with van der Waals surface area (Å²) in [6.45, 7) is 6.43. The summed E-state index contributed by atoms with van der Waals surface area (Å²) in [5, 5.41) is 0. The van der Waals surface area contributed by atoms with Gasteiger partial charge in [-0.3, -0.25) is 14.4 Å². The van der Waals surface area contributed by atoms with Crippen molar-refractivity contribution in [3.8, 4) is 0 Å². The SMILES string of the molecule is CC/C=C\C/C=C\C/C=C\C/C=C\C/C=C\C/C=C\C/C=C\C/C=C\C/C=C\CCCCCC(=O)OCC(COC(=O)CCCCCCC/C=C\CCC)OC(=O)CCCCCCCCCCCCC/C=C\C/C=C\CCCCCCC. The summed E-state index contributed by atoms with van der Waals surface area (Å²) >= 11 is 0. The third kappa shape index (κ3) is 66.1. The lowest BCUT2D eigenvalue weighted by Gasteiger charge is -2.18. The normalized spacial score (nSPS) is 13.1. The Labute approximate surface area is 506 Å². The van der Waals surface area contributed by atoms with Crippen molar-refractivity contribution in [2.45, 2.75) is 303 Å². The van der Waals surface area contributed by atoms with Gasteiger partial charge in [0, 0.05) is 19.3 Å². The van der Waals surface area contributed by atoms with Crippen LogP contribution in [-0.4, -0.2) is 37.2 Å². The second-order valence-corrected chi connectivity index (χ2v) is 22.0. The molecule has 0 aliphatic rings. The molecule has 464 valence electrons. The Bertz CT molecular complexity index is 1780. The molecule has 0 aliphatic heterocycles. The molecule has 0 bridgehead atoms. The first-order valence-corrected chi connectivity index (χ1v) is 33.8. The van der Waals surface area contributed by atoms with Gasteiger partial charge in [0.2, 0.25) is 0 Å². The zero-order chi connectivity index (χ0) is 59.2. The first-order chi connectivity index (χ1) is 40.5. The zero-order valence-corrected chi connectivity index (χ0v) is 53.2. The first kappa shape index (κ1) is 77.3. The average Bonchev–Trinajstić information content (AvgIpc) is 3.47. The van der Waals surface area contributed by atoms with Crippen molar-refractivity contribution in [3.05, 3.63) is 146 Å². The van der Waals surface area contributed by atoms with Crippen molar-refractivity contribution >= 4 is 17.9 Å². The summed E-state index contributed by atoms with van der Waals surface area (Å²) in [6.07, 6.45) is 98.7. The summed E-state index contributed by atoms with van der Waals surface area (Å²) < 4.78 is 16.9. The van der Waals surface area contributed by atoms with Crippen molar-refractivity contribution in [1.29, 1.82) is 0 Å². The van der Waals surface area contributed by atoms with E-state index in [1.54, 1.807) is 0 Å². The van der Waals surface area contributed by atoms with Gasteiger partial charge in [-0.1, -0.05) is 282 Å². The molecule has 0 N–H and O–H groups in total. The van der Waals surface area contributed by atoms with Gasteiger partial charge in [0.05, 0.1) is 0 Å². The van der Waals surface area contributed by atoms with Crippen LogP contribution in [0, 0.1) is 0 Å². The van der Waals surface area contributed by atoms with Gasteiger partial charge in [-0.2, -0.15) is 0 Å². The van der Waals surface area contributed by atoms with Crippen molar-refractivity contribution in [2.24, 2.45) is 0 Å². The topological polar surface area (TPSA) is 78.9 Å². The summed E-state index contributed by atoms with van der Waals surface area (Å²) in [6, 6.07) is 0. The number of unbranched alkanes of at least 4 members (excludes halogenated alkanes) is 25. The van der Waals surface area contributed by atoms with Crippen LogP contribution in [-0.2, 0) is 28.6 Å². The van der Waals surface area contributed by atoms with Crippen LogP contribution in [0.2, 0.25) is 0 Å². The van der Waals surface area contributed by atoms with Crippen LogP contribution in [0.25, 0.3) is 0 Å². The van der Waals surface area contributed by atoms with Gasteiger partial charge >= 0.3 is 17.9 Å². The Kier molecular flexibility index (Phi) is 64.8. The number of allylic oxidation sites excluding steroid dienone is 24. The molecule has 0 saturated heterocycles. The Morgan fingerprint density at radius 1 is 0.256 bits per heavy atom. The number of hydrogen-bond donors (Lipinski definition) is 0. The molecule has 6 heteroatoms. The van der Waals surface area contributed by atoms with Crippen molar-refractivity contribution in [3.63, 3.8) is 0 Å². The van der Waals surface area contributed by atoms with Gasteiger partial charge in [-0.15, -0.1) is 0 Å². The number of esters is 3. The van der Waals surface area contributed by atoms with Crippen LogP contribution in [0.15, 0.2) is 146 Å². The van der Waals surface area contributed by atoms with Gasteiger partial charge in [0.25, 0.3) is 0 Å². The molecule has 0 aromatic carbocycles. The van der Waals surface area contributed by atoms with E-state index < -0.39 is 6.10 Å². The third-order valence-corrected chi connectivity index (χ3v) is 14.0. The highest BCUT2D eigenvalue weighted by molar-refractivity contribution is 5.71. The first-order valence-electron chi connectivity index (χ1n) is 33.8. The minimum absolute atomic E-state index is 0.0977. The Hall–Kier alpha value is -4.71. The molecule has 0 aromatic heterocycles. The van der Waals surface area contributed by atoms with Crippen LogP contribution >= 0.6 is 0 Å². The lowest BCUT2D eigenvalue weighted by molar-refractivity contribution is -0.167. The molecule has 1 unspecified atom stereocenters. The molecule has 0 radical (unpaired) electrons. The molecular formula is C76H124O6. The van der Waals surface area contributed by atoms with Crippen molar-refractivity contribution in [1.82, 2.24) is 0 Å². The third-order valence-electron chi connectivity index (χ3n) is 14.0. The number of rotatable bonds is 60. The molecule has 0 spiro atoms. The van der Waals surface area contributed by atoms with Crippen LogP contribution in [0.1, 0.15) is 297 Å². The van der Waals surface area contributed by atoms with Gasteiger partial charge in [-0.25, -0.2) is 0 Å². The summed E-state index contributed by atoms with van der Waals surface area (Å²) in [4.78, 5) is 38.3. The monoisotopic (exact) mass is 1130 g/mol. The van der Waals surface area contributed by atoms with Gasteiger partial charge < -0.3 is 14.2 Å². The smallest absolute Gasteiger partial charge is 0.306 e. The Morgan fingerprint density at radius 3 is 0.817 bits per heavy atom. The highest BCUT2D eigenvalue weighted by Gasteiger charge is 2.19. The van der Waals surface area contributed by atoms with Gasteiger partial charge in [-0.05, 0) is 141 Å². The second-order valence-electron chi connectivity index (χ2n) is 22.0. The van der Waals surface area contributed by atoms with E-state index in [1.807, 2.05) is 0 Å². The number of carbonyl (C=O) groups excluding carboxylic acids is 3. The van der Waals surface area contributed by atoms with E-state index in [2.05, 4.69) is 167 Å². The highest BCUT2D eigenvalue weighted by atomic mass is 16.6. The summed E-state index contributed by atoms with van der Waals surface area (Å²) in [5.41, 5.74) is 0. The minimum atomic E-state index is -0.803. The number of ether oxygens (including phenoxy) is 3. The van der Waals surface area contributed by atoms with E-state index in [-0.39, 0.29) is 31.1 Å². The van der Waals surface area contributed by atoms with E-state index in [1.165, 1.54) is 109 Å². The molecule has 6 nitrogen and oxygen atoms in total. The Morgan fingerprint density at radius 2 is 0.500 bits per heavy atom. The van der Waals surface area contributed by atoms with Crippen LogP contribution in [0.3, 0.4) is 0 Å². The van der Waals surface area contributed by atoms with E-state index in [0.717, 1.165) is 148 Å².